The molecule has 52 heavy (non-hydrogen) atoms. The number of hydrogen-bond donors (Lipinski definition) is 2. The number of rotatable bonds is 4. The van der Waals surface area contributed by atoms with Gasteiger partial charge in [-0.3, -0.25) is 0 Å². The Morgan fingerprint density at radius 3 is 1.12 bits per heavy atom. The highest BCUT2D eigenvalue weighted by atomic mass is 79.9. The molecule has 16 heteroatoms. The van der Waals surface area contributed by atoms with Crippen molar-refractivity contribution in [3.8, 4) is 0 Å². The van der Waals surface area contributed by atoms with Crippen LogP contribution in [0.1, 0.15) is 97.9 Å². The second-order valence-electron chi connectivity index (χ2n) is 17.1. The summed E-state index contributed by atoms with van der Waals surface area (Å²) in [4.78, 5) is 0. The number of nitrogens with two attached hydrogens (primary N) is 2. The molecule has 4 N–H and O–H groups in total. The summed E-state index contributed by atoms with van der Waals surface area (Å²) in [5.41, 5.74) is 11.4. The number of benzene rings is 2. The molecule has 0 aromatic heterocycles. The van der Waals surface area contributed by atoms with Crippen LogP contribution in [0.3, 0.4) is 0 Å². The van der Waals surface area contributed by atoms with Gasteiger partial charge in [0.15, 0.2) is 0 Å². The zero-order chi connectivity index (χ0) is 38.7. The molecule has 3 aliphatic rings. The molecule has 5 rings (SSSR count). The predicted octanol–water partition coefficient (Wildman–Crippen LogP) is 7.62. The standard InChI is InChI=1S/C14H23BNO3P.C12H24B2O4.C8H11BrNOP.2CH4/c1-13(2)14(3,4)19-15(18-13)10-7-8-11(16)12(9-10)20(5,6)17;1-9(2)10(3,4)16-13(15-9)14-17-11(5,6)12(7,8)18-14;1-12(2,11)8-5-6(9)3-4-7(8)10;;/h7-9H,16H2,1-6H3;1-8H3;3-5H,10H2,1-2H3;2*1H4. The normalized spacial score (nSPS) is 21.9. The van der Waals surface area contributed by atoms with Crippen LogP contribution in [-0.2, 0) is 37.1 Å². The molecule has 0 unspecified atom stereocenters. The summed E-state index contributed by atoms with van der Waals surface area (Å²) in [6.45, 7) is 31.1. The van der Waals surface area contributed by atoms with Crippen LogP contribution in [0.4, 0.5) is 11.4 Å². The maximum atomic E-state index is 12.3. The van der Waals surface area contributed by atoms with E-state index in [1.165, 1.54) is 0 Å². The lowest BCUT2D eigenvalue weighted by molar-refractivity contribution is 0.00578. The summed E-state index contributed by atoms with van der Waals surface area (Å²) in [6.07, 6.45) is 0. The van der Waals surface area contributed by atoms with E-state index >= 15 is 0 Å². The molecule has 0 bridgehead atoms. The van der Waals surface area contributed by atoms with Gasteiger partial charge in [0.25, 0.3) is 0 Å². The van der Waals surface area contributed by atoms with Crippen LogP contribution in [0, 0.1) is 0 Å². The molecule has 0 atom stereocenters. The quantitative estimate of drug-likeness (QED) is 0.180. The van der Waals surface area contributed by atoms with Gasteiger partial charge in [-0.1, -0.05) is 36.8 Å². The average Bonchev–Trinajstić information content (AvgIpc) is 3.38. The highest BCUT2D eigenvalue weighted by molar-refractivity contribution is 9.10. The number of hydrogen-bond acceptors (Lipinski definition) is 10. The van der Waals surface area contributed by atoms with Crippen molar-refractivity contribution in [3.05, 3.63) is 40.9 Å². The molecular weight excluding hydrogens is 763 g/mol. The van der Waals surface area contributed by atoms with E-state index in [4.69, 9.17) is 39.4 Å². The molecule has 0 spiro atoms. The van der Waals surface area contributed by atoms with Crippen LogP contribution >= 0.6 is 30.2 Å². The van der Waals surface area contributed by atoms with Gasteiger partial charge in [-0.05, 0) is 146 Å². The largest absolute Gasteiger partial charge is 0.494 e. The van der Waals surface area contributed by atoms with Crippen molar-refractivity contribution in [1.29, 1.82) is 0 Å². The lowest BCUT2D eigenvalue weighted by Gasteiger charge is -2.32. The van der Waals surface area contributed by atoms with Gasteiger partial charge in [0, 0.05) is 26.5 Å². The highest BCUT2D eigenvalue weighted by Gasteiger charge is 2.63. The lowest BCUT2D eigenvalue weighted by atomic mass is 9.49. The van der Waals surface area contributed by atoms with Crippen molar-refractivity contribution < 1.29 is 37.1 Å². The van der Waals surface area contributed by atoms with Gasteiger partial charge < -0.3 is 48.5 Å². The summed E-state index contributed by atoms with van der Waals surface area (Å²) in [7, 11) is -6.07. The van der Waals surface area contributed by atoms with E-state index in [0.717, 1.165) is 15.2 Å². The first-order valence-corrected chi connectivity index (χ1v) is 22.9. The Bertz CT molecular complexity index is 1580. The Morgan fingerprint density at radius 2 is 0.808 bits per heavy atom. The molecular formula is C36H66B3BrN2O8P2. The van der Waals surface area contributed by atoms with Crippen molar-refractivity contribution in [1.82, 2.24) is 0 Å². The van der Waals surface area contributed by atoms with E-state index in [9.17, 15) is 9.13 Å². The van der Waals surface area contributed by atoms with Gasteiger partial charge >= 0.3 is 21.1 Å². The fourth-order valence-corrected chi connectivity index (χ4v) is 7.98. The molecule has 3 fully saturated rings. The first kappa shape index (κ1) is 49.0. The summed E-state index contributed by atoms with van der Waals surface area (Å²) < 4.78 is 60.8. The number of halogens is 1. The van der Waals surface area contributed by atoms with Gasteiger partial charge in [0.05, 0.1) is 33.6 Å². The van der Waals surface area contributed by atoms with Gasteiger partial charge in [-0.15, -0.1) is 0 Å². The fraction of sp³-hybridized carbons (Fsp3) is 0.667. The van der Waals surface area contributed by atoms with Gasteiger partial charge in [-0.25, -0.2) is 0 Å². The molecule has 294 valence electrons. The van der Waals surface area contributed by atoms with Crippen LogP contribution in [0.15, 0.2) is 40.9 Å². The summed E-state index contributed by atoms with van der Waals surface area (Å²) in [6, 6.07) is 10.9. The minimum Gasteiger partial charge on any atom is -0.405 e. The van der Waals surface area contributed by atoms with Crippen molar-refractivity contribution in [2.75, 3.05) is 38.1 Å². The van der Waals surface area contributed by atoms with Crippen LogP contribution in [0.25, 0.3) is 0 Å². The molecule has 10 nitrogen and oxygen atoms in total. The third kappa shape index (κ3) is 10.8. The fourth-order valence-electron chi connectivity index (χ4n) is 5.14. The van der Waals surface area contributed by atoms with Gasteiger partial charge in [0.2, 0.25) is 0 Å². The van der Waals surface area contributed by atoms with Crippen molar-refractivity contribution in [3.63, 3.8) is 0 Å². The minimum absolute atomic E-state index is 0. The first-order chi connectivity index (χ1) is 22.2. The average molecular weight is 829 g/mol. The second kappa shape index (κ2) is 16.2. The Balaban J connectivity index is 0.000000394. The summed E-state index contributed by atoms with van der Waals surface area (Å²) in [5, 5.41) is 1.43. The van der Waals surface area contributed by atoms with E-state index < -0.39 is 35.4 Å². The van der Waals surface area contributed by atoms with Gasteiger partial charge in [-0.2, -0.15) is 0 Å². The van der Waals surface area contributed by atoms with Crippen molar-refractivity contribution in [2.24, 2.45) is 0 Å². The van der Waals surface area contributed by atoms with Crippen LogP contribution in [0.2, 0.25) is 0 Å². The monoisotopic (exact) mass is 828 g/mol. The van der Waals surface area contributed by atoms with E-state index in [0.29, 0.717) is 16.7 Å². The zero-order valence-corrected chi connectivity index (χ0v) is 36.3. The molecule has 0 amide bonds. The molecule has 2 aromatic rings. The summed E-state index contributed by atoms with van der Waals surface area (Å²) >= 11 is 3.31. The lowest BCUT2D eigenvalue weighted by Crippen LogP contribution is -2.41. The molecule has 3 aliphatic heterocycles. The Morgan fingerprint density at radius 1 is 0.519 bits per heavy atom. The second-order valence-corrected chi connectivity index (χ2v) is 24.3. The van der Waals surface area contributed by atoms with E-state index in [2.05, 4.69) is 15.9 Å². The molecule has 0 radical (unpaired) electrons. The topological polar surface area (TPSA) is 142 Å². The molecule has 0 aliphatic carbocycles. The SMILES string of the molecule is C.C.CC1(C)OB(B2OC(C)(C)C(C)(C)O2)OC1(C)C.CC1(C)OB(c2ccc(N)c(P(C)(C)=O)c2)OC1(C)C.CP(C)(=O)c1cc(Br)ccc1N. The summed E-state index contributed by atoms with van der Waals surface area (Å²) in [5.74, 6) is 0. The van der Waals surface area contributed by atoms with E-state index in [-0.39, 0.29) is 48.5 Å². The van der Waals surface area contributed by atoms with Crippen molar-refractivity contribution in [2.45, 2.75) is 132 Å². The number of nitrogen functional groups attached to an aromatic ring is 2. The van der Waals surface area contributed by atoms with Crippen LogP contribution in [-0.4, -0.2) is 81.4 Å². The zero-order valence-electron chi connectivity index (χ0n) is 32.9. The molecule has 0 saturated carbocycles. The maximum absolute atomic E-state index is 12.3. The Hall–Kier alpha value is -1.07. The minimum atomic E-state index is -2.42. The third-order valence-corrected chi connectivity index (χ3v) is 14.1. The van der Waals surface area contributed by atoms with Crippen LogP contribution < -0.4 is 27.5 Å². The smallest absolute Gasteiger partial charge is 0.405 e. The predicted molar refractivity (Wildman–Crippen MR) is 229 cm³/mol. The van der Waals surface area contributed by atoms with E-state index in [1.54, 1.807) is 38.8 Å². The highest BCUT2D eigenvalue weighted by Crippen LogP contribution is 2.43. The first-order valence-electron chi connectivity index (χ1n) is 16.9. The van der Waals surface area contributed by atoms with Crippen molar-refractivity contribution >= 4 is 78.8 Å². The van der Waals surface area contributed by atoms with Crippen LogP contribution in [0.5, 0.6) is 0 Å². The van der Waals surface area contributed by atoms with E-state index in [1.807, 2.05) is 107 Å². The van der Waals surface area contributed by atoms with Gasteiger partial charge in [0.1, 0.15) is 14.3 Å². The molecule has 3 saturated heterocycles. The number of anilines is 2. The maximum Gasteiger partial charge on any atom is 0.494 e. The third-order valence-electron chi connectivity index (χ3n) is 10.5. The Labute approximate surface area is 325 Å². The molecule has 2 aromatic carbocycles. The Kier molecular flexibility index (Phi) is 15.2. The molecule has 3 heterocycles.